The van der Waals surface area contributed by atoms with E-state index in [0.29, 0.717) is 23.1 Å². The summed E-state index contributed by atoms with van der Waals surface area (Å²) in [6, 6.07) is 7.24. The van der Waals surface area contributed by atoms with Gasteiger partial charge >= 0.3 is 0 Å². The first-order valence-electron chi connectivity index (χ1n) is 6.53. The van der Waals surface area contributed by atoms with E-state index in [1.807, 2.05) is 25.1 Å². The number of nitrogen functional groups attached to an aromatic ring is 1. The van der Waals surface area contributed by atoms with Crippen molar-refractivity contribution < 1.29 is 9.47 Å². The molecule has 0 saturated carbocycles. The van der Waals surface area contributed by atoms with Crippen LogP contribution in [0.4, 0.5) is 23.3 Å². The van der Waals surface area contributed by atoms with Gasteiger partial charge in [-0.05, 0) is 19.1 Å². The molecule has 2 rings (SSSR count). The molecule has 0 aliphatic carbocycles. The van der Waals surface area contributed by atoms with Crippen LogP contribution in [-0.2, 0) is 0 Å². The number of benzene rings is 1. The first-order chi connectivity index (χ1) is 10.2. The molecule has 0 radical (unpaired) electrons. The lowest BCUT2D eigenvalue weighted by Crippen LogP contribution is -2.06. The molecule has 7 heteroatoms. The minimum atomic E-state index is 0.192. The van der Waals surface area contributed by atoms with Crippen molar-refractivity contribution in [3.8, 4) is 11.5 Å². The zero-order valence-electron chi connectivity index (χ0n) is 12.3. The van der Waals surface area contributed by atoms with Crippen LogP contribution < -0.4 is 25.8 Å². The van der Waals surface area contributed by atoms with E-state index >= 15 is 0 Å². The van der Waals surface area contributed by atoms with Crippen LogP contribution in [0.3, 0.4) is 0 Å². The number of anilines is 4. The molecule has 0 unspecified atom stereocenters. The number of hydrogen-bond donors (Lipinski definition) is 3. The smallest absolute Gasteiger partial charge is 0.223 e. The van der Waals surface area contributed by atoms with Gasteiger partial charge in [-0.25, -0.2) is 0 Å². The van der Waals surface area contributed by atoms with Crippen LogP contribution in [0.25, 0.3) is 0 Å². The molecule has 2 aromatic rings. The van der Waals surface area contributed by atoms with Gasteiger partial charge in [0.15, 0.2) is 0 Å². The molecule has 1 heterocycles. The summed E-state index contributed by atoms with van der Waals surface area (Å²) in [6.07, 6.45) is 0. The van der Waals surface area contributed by atoms with Crippen molar-refractivity contribution in [3.63, 3.8) is 0 Å². The molecule has 0 atom stereocenters. The van der Waals surface area contributed by atoms with Crippen LogP contribution >= 0.6 is 0 Å². The molecule has 4 N–H and O–H groups in total. The first kappa shape index (κ1) is 14.7. The highest BCUT2D eigenvalue weighted by Gasteiger charge is 2.08. The summed E-state index contributed by atoms with van der Waals surface area (Å²) >= 11 is 0. The molecule has 0 amide bonds. The molecular weight excluding hydrogens is 270 g/mol. The Labute approximate surface area is 123 Å². The average molecular weight is 289 g/mol. The maximum absolute atomic E-state index is 5.71. The van der Waals surface area contributed by atoms with Gasteiger partial charge in [-0.1, -0.05) is 0 Å². The highest BCUT2D eigenvalue weighted by atomic mass is 16.5. The second-order valence-corrected chi connectivity index (χ2v) is 4.22. The van der Waals surface area contributed by atoms with Crippen LogP contribution in [0.1, 0.15) is 6.92 Å². The van der Waals surface area contributed by atoms with Gasteiger partial charge in [0.1, 0.15) is 23.1 Å². The first-order valence-corrected chi connectivity index (χ1v) is 6.53. The molecule has 0 spiro atoms. The number of hydrogen-bond acceptors (Lipinski definition) is 7. The summed E-state index contributed by atoms with van der Waals surface area (Å²) in [5, 5.41) is 6.26. The van der Waals surface area contributed by atoms with Gasteiger partial charge in [0.2, 0.25) is 5.95 Å². The van der Waals surface area contributed by atoms with Crippen molar-refractivity contribution in [1.82, 2.24) is 9.97 Å². The number of nitrogens with zero attached hydrogens (tertiary/aromatic N) is 2. The molecule has 1 aromatic carbocycles. The van der Waals surface area contributed by atoms with Crippen molar-refractivity contribution in [1.29, 1.82) is 0 Å². The highest BCUT2D eigenvalue weighted by Crippen LogP contribution is 2.31. The summed E-state index contributed by atoms with van der Waals surface area (Å²) in [5.41, 5.74) is 6.45. The topological polar surface area (TPSA) is 94.3 Å². The van der Waals surface area contributed by atoms with Crippen LogP contribution in [0.2, 0.25) is 0 Å². The molecule has 0 aliphatic heterocycles. The molecule has 112 valence electrons. The number of methoxy groups -OCH3 is 2. The number of nitrogens with one attached hydrogen (secondary N) is 2. The van der Waals surface area contributed by atoms with E-state index in [2.05, 4.69) is 20.6 Å². The normalized spacial score (nSPS) is 10.0. The third-order valence-corrected chi connectivity index (χ3v) is 2.77. The largest absolute Gasteiger partial charge is 0.497 e. The Kier molecular flexibility index (Phi) is 4.65. The minimum Gasteiger partial charge on any atom is -0.497 e. The number of ether oxygens (including phenoxy) is 2. The molecule has 21 heavy (non-hydrogen) atoms. The summed E-state index contributed by atoms with van der Waals surface area (Å²) in [6.45, 7) is 2.73. The number of aromatic nitrogens is 2. The molecule has 0 aliphatic rings. The fourth-order valence-corrected chi connectivity index (χ4v) is 1.85. The third kappa shape index (κ3) is 3.65. The number of nitrogens with two attached hydrogens (primary N) is 1. The zero-order valence-corrected chi connectivity index (χ0v) is 12.3. The Hall–Kier alpha value is -2.70. The highest BCUT2D eigenvalue weighted by molar-refractivity contribution is 5.68. The quantitative estimate of drug-likeness (QED) is 0.750. The van der Waals surface area contributed by atoms with Crippen molar-refractivity contribution in [2.75, 3.05) is 37.1 Å². The predicted octanol–water partition coefficient (Wildman–Crippen LogP) is 2.25. The fraction of sp³-hybridized carbons (Fsp3) is 0.286. The lowest BCUT2D eigenvalue weighted by molar-refractivity contribution is 0.405. The molecular formula is C14H19N5O2. The van der Waals surface area contributed by atoms with E-state index < -0.39 is 0 Å². The number of rotatable bonds is 6. The molecule has 0 fully saturated rings. The van der Waals surface area contributed by atoms with Gasteiger partial charge in [0, 0.05) is 18.7 Å². The van der Waals surface area contributed by atoms with E-state index in [1.54, 1.807) is 20.3 Å². The van der Waals surface area contributed by atoms with Crippen LogP contribution in [0.15, 0.2) is 24.3 Å². The van der Waals surface area contributed by atoms with Crippen LogP contribution in [0, 0.1) is 0 Å². The van der Waals surface area contributed by atoms with Crippen molar-refractivity contribution in [3.05, 3.63) is 24.3 Å². The maximum atomic E-state index is 5.71. The molecule has 7 nitrogen and oxygen atoms in total. The zero-order chi connectivity index (χ0) is 15.2. The summed E-state index contributed by atoms with van der Waals surface area (Å²) in [7, 11) is 3.21. The maximum Gasteiger partial charge on any atom is 0.223 e. The Balaban J connectivity index is 2.32. The van der Waals surface area contributed by atoms with Crippen molar-refractivity contribution in [2.24, 2.45) is 0 Å². The second kappa shape index (κ2) is 6.65. The predicted molar refractivity (Wildman–Crippen MR) is 83.4 cm³/mol. The van der Waals surface area contributed by atoms with Crippen LogP contribution in [-0.4, -0.2) is 30.7 Å². The molecule has 0 bridgehead atoms. The van der Waals surface area contributed by atoms with E-state index in [9.17, 15) is 0 Å². The van der Waals surface area contributed by atoms with Gasteiger partial charge in [0.25, 0.3) is 0 Å². The van der Waals surface area contributed by atoms with Gasteiger partial charge in [0.05, 0.1) is 19.9 Å². The third-order valence-electron chi connectivity index (χ3n) is 2.77. The van der Waals surface area contributed by atoms with E-state index in [1.165, 1.54) is 0 Å². The standard InChI is InChI=1S/C14H19N5O2/c1-4-16-12-8-13(19-14(15)18-12)17-10-7-9(20-2)5-6-11(10)21-3/h5-8H,4H2,1-3H3,(H4,15,16,17,18,19). The second-order valence-electron chi connectivity index (χ2n) is 4.22. The lowest BCUT2D eigenvalue weighted by atomic mass is 10.2. The van der Waals surface area contributed by atoms with Gasteiger partial charge in [-0.3, -0.25) is 0 Å². The van der Waals surface area contributed by atoms with E-state index in [0.717, 1.165) is 12.2 Å². The summed E-state index contributed by atoms with van der Waals surface area (Å²) in [4.78, 5) is 8.26. The molecule has 1 aromatic heterocycles. The van der Waals surface area contributed by atoms with E-state index in [-0.39, 0.29) is 5.95 Å². The van der Waals surface area contributed by atoms with Gasteiger partial charge in [-0.15, -0.1) is 0 Å². The minimum absolute atomic E-state index is 0.192. The van der Waals surface area contributed by atoms with E-state index in [4.69, 9.17) is 15.2 Å². The molecule has 0 saturated heterocycles. The monoisotopic (exact) mass is 289 g/mol. The van der Waals surface area contributed by atoms with Crippen molar-refractivity contribution >= 4 is 23.3 Å². The van der Waals surface area contributed by atoms with Gasteiger partial charge < -0.3 is 25.8 Å². The van der Waals surface area contributed by atoms with Crippen molar-refractivity contribution in [2.45, 2.75) is 6.92 Å². The van der Waals surface area contributed by atoms with Crippen LogP contribution in [0.5, 0.6) is 11.5 Å². The Morgan fingerprint density at radius 3 is 2.52 bits per heavy atom. The SMILES string of the molecule is CCNc1cc(Nc2cc(OC)ccc2OC)nc(N)n1. The summed E-state index contributed by atoms with van der Waals surface area (Å²) < 4.78 is 10.5. The Bertz CT molecular complexity index is 618. The fourth-order valence-electron chi connectivity index (χ4n) is 1.85. The Morgan fingerprint density at radius 1 is 1.10 bits per heavy atom. The summed E-state index contributed by atoms with van der Waals surface area (Å²) in [5.74, 6) is 2.82. The average Bonchev–Trinajstić information content (AvgIpc) is 2.47. The van der Waals surface area contributed by atoms with Gasteiger partial charge in [-0.2, -0.15) is 9.97 Å². The lowest BCUT2D eigenvalue weighted by Gasteiger charge is -2.13. The Morgan fingerprint density at radius 2 is 1.86 bits per heavy atom.